The van der Waals surface area contributed by atoms with Crippen LogP contribution in [-0.2, 0) is 6.54 Å². The highest BCUT2D eigenvalue weighted by molar-refractivity contribution is 6.31. The standard InChI is InChI=1S/C13H11ClN2O2/c14-13-12(18)11(6-10(8-17)16-13)15-7-9-4-2-1-3-5-9/h1-6,8,18H,7H2,(H,15,16). The number of carbonyl (C=O) groups is 1. The van der Waals surface area contributed by atoms with Crippen molar-refractivity contribution >= 4 is 23.6 Å². The highest BCUT2D eigenvalue weighted by atomic mass is 35.5. The molecule has 1 aromatic heterocycles. The second-order valence-electron chi connectivity index (χ2n) is 3.69. The number of rotatable bonds is 4. The van der Waals surface area contributed by atoms with E-state index in [9.17, 15) is 9.90 Å². The summed E-state index contributed by atoms with van der Waals surface area (Å²) in [5, 5.41) is 12.6. The molecule has 2 N–H and O–H groups in total. The summed E-state index contributed by atoms with van der Waals surface area (Å²) in [5.41, 5.74) is 1.62. The number of hydrogen-bond acceptors (Lipinski definition) is 4. The second kappa shape index (κ2) is 5.51. The highest BCUT2D eigenvalue weighted by Crippen LogP contribution is 2.30. The molecule has 4 nitrogen and oxygen atoms in total. The first-order valence-corrected chi connectivity index (χ1v) is 5.71. The molecule has 2 aromatic rings. The van der Waals surface area contributed by atoms with Crippen molar-refractivity contribution in [2.75, 3.05) is 5.32 Å². The quantitative estimate of drug-likeness (QED) is 0.657. The van der Waals surface area contributed by atoms with Gasteiger partial charge in [-0.3, -0.25) is 4.79 Å². The largest absolute Gasteiger partial charge is 0.503 e. The van der Waals surface area contributed by atoms with Crippen molar-refractivity contribution in [3.05, 3.63) is 52.8 Å². The van der Waals surface area contributed by atoms with Crippen LogP contribution in [0.1, 0.15) is 16.1 Å². The average molecular weight is 263 g/mol. The van der Waals surface area contributed by atoms with Crippen LogP contribution >= 0.6 is 11.6 Å². The summed E-state index contributed by atoms with van der Waals surface area (Å²) in [7, 11) is 0. The van der Waals surface area contributed by atoms with E-state index < -0.39 is 0 Å². The van der Waals surface area contributed by atoms with E-state index in [-0.39, 0.29) is 16.6 Å². The Morgan fingerprint density at radius 1 is 1.33 bits per heavy atom. The van der Waals surface area contributed by atoms with Crippen LogP contribution in [0.2, 0.25) is 5.15 Å². The van der Waals surface area contributed by atoms with Gasteiger partial charge in [-0.15, -0.1) is 0 Å². The molecule has 92 valence electrons. The van der Waals surface area contributed by atoms with Crippen LogP contribution in [0.15, 0.2) is 36.4 Å². The van der Waals surface area contributed by atoms with Crippen LogP contribution < -0.4 is 5.32 Å². The summed E-state index contributed by atoms with van der Waals surface area (Å²) in [6.07, 6.45) is 0.582. The molecule has 2 rings (SSSR count). The Hall–Kier alpha value is -2.07. The maximum absolute atomic E-state index is 10.7. The summed E-state index contributed by atoms with van der Waals surface area (Å²) in [4.78, 5) is 14.4. The van der Waals surface area contributed by atoms with Crippen LogP contribution in [0.3, 0.4) is 0 Å². The van der Waals surface area contributed by atoms with Gasteiger partial charge in [0.25, 0.3) is 0 Å². The monoisotopic (exact) mass is 262 g/mol. The molecule has 0 amide bonds. The molecule has 0 radical (unpaired) electrons. The van der Waals surface area contributed by atoms with E-state index >= 15 is 0 Å². The van der Waals surface area contributed by atoms with Gasteiger partial charge in [0.15, 0.2) is 17.2 Å². The van der Waals surface area contributed by atoms with Crippen LogP contribution in [0, 0.1) is 0 Å². The lowest BCUT2D eigenvalue weighted by Gasteiger charge is -2.09. The summed E-state index contributed by atoms with van der Waals surface area (Å²) < 4.78 is 0. The zero-order valence-corrected chi connectivity index (χ0v) is 10.2. The van der Waals surface area contributed by atoms with Crippen molar-refractivity contribution in [2.24, 2.45) is 0 Å². The number of nitrogens with zero attached hydrogens (tertiary/aromatic N) is 1. The SMILES string of the molecule is O=Cc1cc(NCc2ccccc2)c(O)c(Cl)n1. The topological polar surface area (TPSA) is 62.2 Å². The fourth-order valence-corrected chi connectivity index (χ4v) is 1.71. The number of aromatic nitrogens is 1. The second-order valence-corrected chi connectivity index (χ2v) is 4.05. The highest BCUT2D eigenvalue weighted by Gasteiger charge is 2.09. The number of nitrogens with one attached hydrogen (secondary N) is 1. The van der Waals surface area contributed by atoms with E-state index in [1.165, 1.54) is 6.07 Å². The minimum absolute atomic E-state index is 0.0878. The molecule has 0 aliphatic heterocycles. The third-order valence-electron chi connectivity index (χ3n) is 2.42. The average Bonchev–Trinajstić information content (AvgIpc) is 2.41. The van der Waals surface area contributed by atoms with Gasteiger partial charge in [0.1, 0.15) is 5.69 Å². The molecular formula is C13H11ClN2O2. The van der Waals surface area contributed by atoms with Crippen molar-refractivity contribution in [3.63, 3.8) is 0 Å². The molecule has 0 spiro atoms. The first-order chi connectivity index (χ1) is 8.70. The van der Waals surface area contributed by atoms with Gasteiger partial charge in [0.2, 0.25) is 0 Å². The van der Waals surface area contributed by atoms with Gasteiger partial charge in [-0.05, 0) is 11.6 Å². The molecule has 0 bridgehead atoms. The number of pyridine rings is 1. The molecule has 0 aliphatic rings. The number of carbonyl (C=O) groups excluding carboxylic acids is 1. The maximum Gasteiger partial charge on any atom is 0.176 e. The van der Waals surface area contributed by atoms with Crippen molar-refractivity contribution in [3.8, 4) is 5.75 Å². The van der Waals surface area contributed by atoms with Gasteiger partial charge in [-0.1, -0.05) is 41.9 Å². The Bertz CT molecular complexity index is 558. The molecule has 5 heteroatoms. The Morgan fingerprint density at radius 2 is 2.06 bits per heavy atom. The molecule has 1 heterocycles. The molecular weight excluding hydrogens is 252 g/mol. The van der Waals surface area contributed by atoms with Crippen LogP contribution in [0.5, 0.6) is 5.75 Å². The van der Waals surface area contributed by atoms with Gasteiger partial charge in [-0.2, -0.15) is 0 Å². The van der Waals surface area contributed by atoms with Gasteiger partial charge >= 0.3 is 0 Å². The van der Waals surface area contributed by atoms with E-state index in [1.807, 2.05) is 30.3 Å². The van der Waals surface area contributed by atoms with Crippen molar-refractivity contribution in [2.45, 2.75) is 6.54 Å². The summed E-state index contributed by atoms with van der Waals surface area (Å²) in [6.45, 7) is 0.521. The van der Waals surface area contributed by atoms with E-state index in [0.29, 0.717) is 18.5 Å². The zero-order valence-electron chi connectivity index (χ0n) is 9.43. The smallest absolute Gasteiger partial charge is 0.176 e. The molecule has 0 atom stereocenters. The van der Waals surface area contributed by atoms with Crippen molar-refractivity contribution < 1.29 is 9.90 Å². The zero-order chi connectivity index (χ0) is 13.0. The van der Waals surface area contributed by atoms with Crippen LogP contribution in [-0.4, -0.2) is 16.4 Å². The summed E-state index contributed by atoms with van der Waals surface area (Å²) in [5.74, 6) is -0.154. The predicted molar refractivity (Wildman–Crippen MR) is 70.1 cm³/mol. The fraction of sp³-hybridized carbons (Fsp3) is 0.0769. The molecule has 0 saturated carbocycles. The Kier molecular flexibility index (Phi) is 3.79. The summed E-state index contributed by atoms with van der Waals surface area (Å²) in [6, 6.07) is 11.1. The predicted octanol–water partition coefficient (Wildman–Crippen LogP) is 2.87. The van der Waals surface area contributed by atoms with Gasteiger partial charge in [0, 0.05) is 6.54 Å². The van der Waals surface area contributed by atoms with E-state index in [4.69, 9.17) is 11.6 Å². The number of benzene rings is 1. The molecule has 0 unspecified atom stereocenters. The lowest BCUT2D eigenvalue weighted by Crippen LogP contribution is -2.01. The minimum atomic E-state index is -0.154. The molecule has 18 heavy (non-hydrogen) atoms. The van der Waals surface area contributed by atoms with Gasteiger partial charge < -0.3 is 10.4 Å². The lowest BCUT2D eigenvalue weighted by atomic mass is 10.2. The first-order valence-electron chi connectivity index (χ1n) is 5.33. The Labute approximate surface area is 109 Å². The lowest BCUT2D eigenvalue weighted by molar-refractivity contribution is 0.111. The Morgan fingerprint density at radius 3 is 2.72 bits per heavy atom. The fourth-order valence-electron chi connectivity index (χ4n) is 1.51. The van der Waals surface area contributed by atoms with E-state index in [0.717, 1.165) is 5.56 Å². The number of halogens is 1. The third kappa shape index (κ3) is 2.78. The number of aldehydes is 1. The van der Waals surface area contributed by atoms with Crippen molar-refractivity contribution in [1.29, 1.82) is 0 Å². The normalized spacial score (nSPS) is 10.1. The van der Waals surface area contributed by atoms with Crippen molar-refractivity contribution in [1.82, 2.24) is 4.98 Å². The number of aromatic hydroxyl groups is 1. The molecule has 0 aliphatic carbocycles. The van der Waals surface area contributed by atoms with Crippen LogP contribution in [0.25, 0.3) is 0 Å². The van der Waals surface area contributed by atoms with E-state index in [2.05, 4.69) is 10.3 Å². The van der Waals surface area contributed by atoms with Crippen LogP contribution in [0.4, 0.5) is 5.69 Å². The third-order valence-corrected chi connectivity index (χ3v) is 2.68. The minimum Gasteiger partial charge on any atom is -0.503 e. The van der Waals surface area contributed by atoms with Gasteiger partial charge in [-0.25, -0.2) is 4.98 Å². The number of anilines is 1. The number of hydrogen-bond donors (Lipinski definition) is 2. The summed E-state index contributed by atoms with van der Waals surface area (Å²) >= 11 is 5.72. The Balaban J connectivity index is 2.19. The first kappa shape index (κ1) is 12.4. The van der Waals surface area contributed by atoms with Gasteiger partial charge in [0.05, 0.1) is 5.69 Å². The molecule has 0 saturated heterocycles. The maximum atomic E-state index is 10.7. The van der Waals surface area contributed by atoms with E-state index in [1.54, 1.807) is 0 Å². The molecule has 0 fully saturated rings. The molecule has 1 aromatic carbocycles.